The number of hydrogen-bond donors (Lipinski definition) is 0. The van der Waals surface area contributed by atoms with E-state index in [4.69, 9.17) is 9.97 Å². The predicted octanol–water partition coefficient (Wildman–Crippen LogP) is 31.2. The number of para-hydroxylation sites is 8. The third-order valence-corrected chi connectivity index (χ3v) is 25.2. The largest absolute Gasteiger partial charge is 0.309 e. The van der Waals surface area contributed by atoms with Crippen molar-refractivity contribution in [2.45, 2.75) is 0 Å². The van der Waals surface area contributed by atoms with Crippen LogP contribution in [0.1, 0.15) is 0 Å². The van der Waals surface area contributed by atoms with Gasteiger partial charge in [-0.15, -0.1) is 0 Å². The van der Waals surface area contributed by atoms with Gasteiger partial charge in [-0.05, 0) is 236 Å². The van der Waals surface area contributed by atoms with Crippen LogP contribution in [0.5, 0.6) is 0 Å². The molecule has 0 N–H and O–H groups in total. The van der Waals surface area contributed by atoms with Crippen LogP contribution in [-0.4, -0.2) is 28.2 Å². The van der Waals surface area contributed by atoms with Gasteiger partial charge in [0, 0.05) is 88.1 Å². The number of rotatable bonds is 15. The lowest BCUT2D eigenvalue weighted by Gasteiger charge is -2.16. The number of benzene rings is 18. The van der Waals surface area contributed by atoms with Crippen LogP contribution in [0.3, 0.4) is 0 Å². The van der Waals surface area contributed by atoms with E-state index in [1.54, 1.807) is 0 Å². The molecule has 18 aromatic carbocycles. The van der Waals surface area contributed by atoms with Gasteiger partial charge in [-0.3, -0.25) is 0 Å². The first-order chi connectivity index (χ1) is 61.4. The molecule has 0 amide bonds. The van der Waals surface area contributed by atoms with E-state index < -0.39 is 0 Å². The lowest BCUT2D eigenvalue weighted by Crippen LogP contribution is -1.96. The van der Waals surface area contributed by atoms with Crippen molar-refractivity contribution in [3.05, 3.63) is 461 Å². The average Bonchev–Trinajstić information content (AvgIpc) is 1.60. The second kappa shape index (κ2) is 29.8. The standard InChI is InChI=1S/C118H76N6/c1-3-23-77(24-4-1)87-67-88(78-25-5-2-6-26-78)70-91(69-87)92-71-89(79-43-47-81(48-44-79)93-73-107(83-51-59-95(60-52-83)121-111-35-15-7-27-99(111)100-28-8-16-36-112(100)121)119-108(74-93)84-53-61-96(62-54-84)122-113-37-17-9-29-101(113)102-30-10-18-38-114(102)122)68-90(72-92)80-45-49-82(50-46-80)94-75-109(85-55-63-97(64-56-85)123-115-39-19-11-31-103(115)104-32-12-20-40-116(104)123)120-110(76-94)86-57-65-98(66-58-86)124-117-41-21-13-33-105(117)106-34-14-22-42-118(106)124/h1-76H. The van der Waals surface area contributed by atoms with Crippen molar-refractivity contribution in [1.82, 2.24) is 28.2 Å². The molecule has 6 heteroatoms. The molecular formula is C118H76N6. The highest BCUT2D eigenvalue weighted by atomic mass is 15.0. The molecule has 0 aliphatic carbocycles. The van der Waals surface area contributed by atoms with Crippen LogP contribution in [0.2, 0.25) is 0 Å². The predicted molar refractivity (Wildman–Crippen MR) is 519 cm³/mol. The highest BCUT2D eigenvalue weighted by Crippen LogP contribution is 2.44. The Morgan fingerprint density at radius 1 is 0.113 bits per heavy atom. The summed E-state index contributed by atoms with van der Waals surface area (Å²) in [7, 11) is 0. The summed E-state index contributed by atoms with van der Waals surface area (Å²) < 4.78 is 9.50. The van der Waals surface area contributed by atoms with Crippen molar-refractivity contribution in [3.8, 4) is 146 Å². The number of pyridine rings is 2. The van der Waals surface area contributed by atoms with Crippen LogP contribution in [0.15, 0.2) is 461 Å². The molecule has 578 valence electrons. The fourth-order valence-electron chi connectivity index (χ4n) is 19.1. The fourth-order valence-corrected chi connectivity index (χ4v) is 19.1. The Hall–Kier alpha value is -16.5. The molecule has 24 aromatic rings. The SMILES string of the molecule is c1ccc(-c2cc(-c3ccccc3)cc(-c3cc(-c4ccc(-c5cc(-c6ccc(-n7c8ccccc8c8ccccc87)cc6)nc(-c6ccc(-n7c8ccccc8c8ccccc87)cc6)c5)cc4)cc(-c4ccc(-c5cc(-c6ccc(-n7c8ccccc8c8ccccc87)cc6)nc(-c6ccc(-n7c8ccccc8c8ccccc87)cc6)c5)cc4)c3)c2)cc1. The van der Waals surface area contributed by atoms with Gasteiger partial charge in [-0.1, -0.05) is 303 Å². The van der Waals surface area contributed by atoms with Gasteiger partial charge in [0.1, 0.15) is 0 Å². The van der Waals surface area contributed by atoms with Crippen LogP contribution in [-0.2, 0) is 0 Å². The van der Waals surface area contributed by atoms with E-state index in [0.717, 1.165) is 146 Å². The van der Waals surface area contributed by atoms with Gasteiger partial charge in [0.15, 0.2) is 0 Å². The smallest absolute Gasteiger partial charge is 0.0715 e. The van der Waals surface area contributed by atoms with Crippen LogP contribution in [0, 0.1) is 0 Å². The molecule has 0 unspecified atom stereocenters. The molecule has 0 saturated carbocycles. The molecule has 0 saturated heterocycles. The molecule has 6 nitrogen and oxygen atoms in total. The third-order valence-electron chi connectivity index (χ3n) is 25.2. The minimum atomic E-state index is 0.890. The maximum atomic E-state index is 5.56. The Kier molecular flexibility index (Phi) is 17.2. The first-order valence-corrected chi connectivity index (χ1v) is 42.5. The monoisotopic (exact) mass is 1580 g/mol. The zero-order chi connectivity index (χ0) is 81.7. The van der Waals surface area contributed by atoms with Crippen molar-refractivity contribution in [2.24, 2.45) is 0 Å². The molecule has 0 aliphatic heterocycles. The second-order valence-electron chi connectivity index (χ2n) is 32.4. The van der Waals surface area contributed by atoms with Gasteiger partial charge < -0.3 is 18.3 Å². The molecule has 0 atom stereocenters. The first-order valence-electron chi connectivity index (χ1n) is 42.5. The zero-order valence-corrected chi connectivity index (χ0v) is 67.6. The molecular weight excluding hydrogens is 1500 g/mol. The van der Waals surface area contributed by atoms with Gasteiger partial charge in [-0.25, -0.2) is 9.97 Å². The maximum Gasteiger partial charge on any atom is 0.0715 e. The molecule has 0 bridgehead atoms. The van der Waals surface area contributed by atoms with E-state index in [2.05, 4.69) is 479 Å². The molecule has 6 aromatic heterocycles. The van der Waals surface area contributed by atoms with Crippen LogP contribution >= 0.6 is 0 Å². The number of aromatic nitrogens is 6. The highest BCUT2D eigenvalue weighted by molar-refractivity contribution is 6.13. The zero-order valence-electron chi connectivity index (χ0n) is 67.6. The molecule has 0 fully saturated rings. The molecule has 0 radical (unpaired) electrons. The normalized spacial score (nSPS) is 11.7. The Morgan fingerprint density at radius 3 is 0.452 bits per heavy atom. The first kappa shape index (κ1) is 71.6. The van der Waals surface area contributed by atoms with E-state index >= 15 is 0 Å². The maximum absolute atomic E-state index is 5.56. The Morgan fingerprint density at radius 2 is 0.258 bits per heavy atom. The van der Waals surface area contributed by atoms with Gasteiger partial charge in [0.05, 0.1) is 66.9 Å². The van der Waals surface area contributed by atoms with Gasteiger partial charge in [0.2, 0.25) is 0 Å². The average molecular weight is 1580 g/mol. The topological polar surface area (TPSA) is 45.5 Å². The number of hydrogen-bond acceptors (Lipinski definition) is 2. The molecule has 0 spiro atoms. The van der Waals surface area contributed by atoms with E-state index in [-0.39, 0.29) is 0 Å². The molecule has 0 aliphatic rings. The van der Waals surface area contributed by atoms with Crippen molar-refractivity contribution < 1.29 is 0 Å². The number of fused-ring (bicyclic) bond motifs is 12. The minimum absolute atomic E-state index is 0.890. The lowest BCUT2D eigenvalue weighted by molar-refractivity contribution is 1.18. The van der Waals surface area contributed by atoms with Crippen LogP contribution in [0.4, 0.5) is 0 Å². The van der Waals surface area contributed by atoms with Crippen molar-refractivity contribution in [2.75, 3.05) is 0 Å². The second-order valence-corrected chi connectivity index (χ2v) is 32.4. The molecule has 6 heterocycles. The minimum Gasteiger partial charge on any atom is -0.309 e. The molecule has 24 rings (SSSR count). The quantitative estimate of drug-likeness (QED) is 0.103. The molecule has 124 heavy (non-hydrogen) atoms. The Labute approximate surface area is 717 Å². The summed E-state index contributed by atoms with van der Waals surface area (Å²) in [6.07, 6.45) is 0. The summed E-state index contributed by atoms with van der Waals surface area (Å²) in [6.45, 7) is 0. The Bertz CT molecular complexity index is 7230. The van der Waals surface area contributed by atoms with E-state index in [9.17, 15) is 0 Å². The van der Waals surface area contributed by atoms with E-state index in [1.165, 1.54) is 87.2 Å². The number of nitrogens with zero attached hydrogens (tertiary/aromatic N) is 6. The van der Waals surface area contributed by atoms with Crippen LogP contribution in [0.25, 0.3) is 233 Å². The van der Waals surface area contributed by atoms with E-state index in [0.29, 0.717) is 0 Å². The van der Waals surface area contributed by atoms with Gasteiger partial charge in [-0.2, -0.15) is 0 Å². The summed E-state index contributed by atoms with van der Waals surface area (Å²) in [4.78, 5) is 11.1. The van der Waals surface area contributed by atoms with Gasteiger partial charge >= 0.3 is 0 Å². The fraction of sp³-hybridized carbons (Fsp3) is 0. The lowest BCUT2D eigenvalue weighted by atomic mass is 9.89. The summed E-state index contributed by atoms with van der Waals surface area (Å²) in [6, 6.07) is 168. The Balaban J connectivity index is 0.621. The van der Waals surface area contributed by atoms with Crippen molar-refractivity contribution in [3.63, 3.8) is 0 Å². The highest BCUT2D eigenvalue weighted by Gasteiger charge is 2.22. The van der Waals surface area contributed by atoms with Crippen molar-refractivity contribution in [1.29, 1.82) is 0 Å². The summed E-state index contributed by atoms with van der Waals surface area (Å²) in [5.41, 5.74) is 37.1. The van der Waals surface area contributed by atoms with E-state index in [1.807, 2.05) is 0 Å². The van der Waals surface area contributed by atoms with Crippen LogP contribution < -0.4 is 0 Å². The van der Waals surface area contributed by atoms with Crippen molar-refractivity contribution >= 4 is 87.2 Å². The summed E-state index contributed by atoms with van der Waals surface area (Å²) in [5.74, 6) is 0. The third kappa shape index (κ3) is 12.5. The van der Waals surface area contributed by atoms with Gasteiger partial charge in [0.25, 0.3) is 0 Å². The summed E-state index contributed by atoms with van der Waals surface area (Å²) in [5, 5.41) is 9.88. The summed E-state index contributed by atoms with van der Waals surface area (Å²) >= 11 is 0.